The number of carbonyl (C=O) groups excluding carboxylic acids is 1. The molecule has 3 heterocycles. The van der Waals surface area contributed by atoms with Crippen LogP contribution < -0.4 is 19.7 Å². The summed E-state index contributed by atoms with van der Waals surface area (Å²) in [5, 5.41) is 4.39. The van der Waals surface area contributed by atoms with Crippen LogP contribution in [0.5, 0.6) is 11.5 Å². The van der Waals surface area contributed by atoms with Gasteiger partial charge in [-0.3, -0.25) is 4.99 Å². The van der Waals surface area contributed by atoms with E-state index in [1.54, 1.807) is 24.9 Å². The highest BCUT2D eigenvalue weighted by atomic mass is 32.2. The van der Waals surface area contributed by atoms with Crippen LogP contribution in [0.4, 0.5) is 11.4 Å². The normalized spacial score (nSPS) is 19.4. The summed E-state index contributed by atoms with van der Waals surface area (Å²) >= 11 is 1.70. The van der Waals surface area contributed by atoms with Crippen molar-refractivity contribution in [2.45, 2.75) is 17.5 Å². The molecule has 28 heavy (non-hydrogen) atoms. The Labute approximate surface area is 166 Å². The van der Waals surface area contributed by atoms with Crippen molar-refractivity contribution in [1.29, 1.82) is 0 Å². The van der Waals surface area contributed by atoms with Crippen LogP contribution in [0.2, 0.25) is 0 Å². The number of nitrogens with one attached hydrogen (secondary N) is 1. The van der Waals surface area contributed by atoms with E-state index in [9.17, 15) is 4.79 Å². The number of esters is 1. The summed E-state index contributed by atoms with van der Waals surface area (Å²) in [6, 6.07) is 9.78. The fraction of sp³-hybridized carbons (Fsp3) is 0.300. The van der Waals surface area contributed by atoms with E-state index < -0.39 is 12.2 Å². The van der Waals surface area contributed by atoms with Gasteiger partial charge in [0.25, 0.3) is 0 Å². The first kappa shape index (κ1) is 17.2. The van der Waals surface area contributed by atoms with Crippen LogP contribution >= 0.6 is 11.8 Å². The smallest absolute Gasteiger partial charge is 0.344 e. The Bertz CT molecular complexity index is 1010. The lowest BCUT2D eigenvalue weighted by molar-refractivity contribution is 0.0435. The van der Waals surface area contributed by atoms with Crippen LogP contribution in [0.15, 0.2) is 40.2 Å². The first-order chi connectivity index (χ1) is 13.7. The molecule has 0 radical (unpaired) electrons. The average Bonchev–Trinajstić information content (AvgIpc) is 3.25. The van der Waals surface area contributed by atoms with Gasteiger partial charge in [0.1, 0.15) is 5.56 Å². The van der Waals surface area contributed by atoms with Crippen LogP contribution in [-0.2, 0) is 4.74 Å². The molecule has 2 aromatic carbocycles. The van der Waals surface area contributed by atoms with E-state index in [2.05, 4.69) is 27.3 Å². The maximum Gasteiger partial charge on any atom is 0.344 e. The summed E-state index contributed by atoms with van der Waals surface area (Å²) in [5.74, 6) is 0.476. The molecule has 7 nitrogen and oxygen atoms in total. The molecule has 1 atom stereocenters. The Kier molecular flexibility index (Phi) is 4.08. The van der Waals surface area contributed by atoms with Crippen molar-refractivity contribution in [1.82, 2.24) is 0 Å². The van der Waals surface area contributed by atoms with Gasteiger partial charge in [0.05, 0.1) is 19.9 Å². The van der Waals surface area contributed by atoms with E-state index in [-0.39, 0.29) is 0 Å². The molecule has 3 aliphatic rings. The summed E-state index contributed by atoms with van der Waals surface area (Å²) in [6.07, 6.45) is 0.472. The number of aliphatic imine (C=N–C) groups is 1. The highest BCUT2D eigenvalue weighted by Crippen LogP contribution is 2.45. The molecule has 0 saturated carbocycles. The number of benzene rings is 2. The van der Waals surface area contributed by atoms with E-state index in [1.165, 1.54) is 12.0 Å². The molecule has 0 unspecified atom stereocenters. The number of thioether (sulfide) groups is 1. The number of fused-ring (bicyclic) bond motifs is 4. The largest absolute Gasteiger partial charge is 0.493 e. The molecule has 0 saturated heterocycles. The van der Waals surface area contributed by atoms with Gasteiger partial charge in [0, 0.05) is 29.2 Å². The molecule has 0 amide bonds. The highest BCUT2D eigenvalue weighted by Gasteiger charge is 2.36. The number of anilines is 2. The van der Waals surface area contributed by atoms with Crippen LogP contribution in [0, 0.1) is 0 Å². The number of carbonyl (C=O) groups is 1. The first-order valence-corrected chi connectivity index (χ1v) is 9.87. The number of nitrogens with zero attached hydrogens (tertiary/aromatic N) is 2. The number of ether oxygens (including phenoxy) is 3. The van der Waals surface area contributed by atoms with Crippen molar-refractivity contribution < 1.29 is 19.0 Å². The number of cyclic esters (lactones) is 1. The summed E-state index contributed by atoms with van der Waals surface area (Å²) < 4.78 is 16.3. The van der Waals surface area contributed by atoms with Gasteiger partial charge in [-0.2, -0.15) is 0 Å². The Morgan fingerprint density at radius 2 is 2.14 bits per heavy atom. The minimum atomic E-state index is -0.580. The Morgan fingerprint density at radius 1 is 1.25 bits per heavy atom. The molecule has 144 valence electrons. The van der Waals surface area contributed by atoms with Crippen LogP contribution in [0.25, 0.3) is 0 Å². The SMILES string of the molecule is COc1ccc2c(c1OC)C(=O)O[C@@H]2Nc1ccc2c(c1)N1CCCN=C1S2. The average molecular weight is 397 g/mol. The highest BCUT2D eigenvalue weighted by molar-refractivity contribution is 8.14. The maximum absolute atomic E-state index is 12.5. The minimum absolute atomic E-state index is 0.397. The van der Waals surface area contributed by atoms with E-state index in [0.717, 1.165) is 41.6 Å². The van der Waals surface area contributed by atoms with Crippen LogP contribution in [-0.4, -0.2) is 38.4 Å². The molecule has 3 aliphatic heterocycles. The second-order valence-electron chi connectivity index (χ2n) is 6.65. The number of amidine groups is 1. The fourth-order valence-corrected chi connectivity index (χ4v) is 4.82. The van der Waals surface area contributed by atoms with E-state index in [0.29, 0.717) is 17.1 Å². The van der Waals surface area contributed by atoms with Gasteiger partial charge in [-0.1, -0.05) is 0 Å². The first-order valence-electron chi connectivity index (χ1n) is 9.06. The summed E-state index contributed by atoms with van der Waals surface area (Å²) in [7, 11) is 3.06. The third-order valence-electron chi connectivity index (χ3n) is 5.06. The number of methoxy groups -OCH3 is 2. The zero-order valence-corrected chi connectivity index (χ0v) is 16.3. The van der Waals surface area contributed by atoms with E-state index in [4.69, 9.17) is 14.2 Å². The van der Waals surface area contributed by atoms with Gasteiger partial charge in [0.2, 0.25) is 6.23 Å². The van der Waals surface area contributed by atoms with Crippen molar-refractivity contribution in [3.8, 4) is 11.5 Å². The van der Waals surface area contributed by atoms with Crippen molar-refractivity contribution in [2.75, 3.05) is 37.5 Å². The summed E-state index contributed by atoms with van der Waals surface area (Å²) in [4.78, 5) is 20.5. The topological polar surface area (TPSA) is 72.4 Å². The van der Waals surface area contributed by atoms with Gasteiger partial charge < -0.3 is 24.4 Å². The van der Waals surface area contributed by atoms with Crippen molar-refractivity contribution in [3.05, 3.63) is 41.5 Å². The molecule has 8 heteroatoms. The molecule has 5 rings (SSSR count). The van der Waals surface area contributed by atoms with E-state index >= 15 is 0 Å². The lowest BCUT2D eigenvalue weighted by atomic mass is 10.1. The predicted octanol–water partition coefficient (Wildman–Crippen LogP) is 3.66. The second-order valence-corrected chi connectivity index (χ2v) is 7.66. The Morgan fingerprint density at radius 3 is 2.96 bits per heavy atom. The summed E-state index contributed by atoms with van der Waals surface area (Å²) in [6.45, 7) is 1.86. The van der Waals surface area contributed by atoms with Crippen molar-refractivity contribution in [3.63, 3.8) is 0 Å². The van der Waals surface area contributed by atoms with Gasteiger partial charge >= 0.3 is 5.97 Å². The third kappa shape index (κ3) is 2.59. The van der Waals surface area contributed by atoms with Crippen molar-refractivity contribution in [2.24, 2.45) is 4.99 Å². The molecule has 1 N–H and O–H groups in total. The van der Waals surface area contributed by atoms with Crippen LogP contribution in [0.3, 0.4) is 0 Å². The zero-order chi connectivity index (χ0) is 19.3. The number of hydrogen-bond donors (Lipinski definition) is 1. The van der Waals surface area contributed by atoms with Crippen LogP contribution in [0.1, 0.15) is 28.6 Å². The molecule has 0 fully saturated rings. The van der Waals surface area contributed by atoms with Gasteiger partial charge in [0.15, 0.2) is 16.7 Å². The fourth-order valence-electron chi connectivity index (χ4n) is 3.76. The molecule has 0 aromatic heterocycles. The maximum atomic E-state index is 12.5. The van der Waals surface area contributed by atoms with Gasteiger partial charge in [-0.05, 0) is 48.5 Å². The quantitative estimate of drug-likeness (QED) is 0.790. The van der Waals surface area contributed by atoms with Gasteiger partial charge in [-0.25, -0.2) is 4.79 Å². The number of hydrogen-bond acceptors (Lipinski definition) is 8. The Balaban J connectivity index is 1.46. The summed E-state index contributed by atoms with van der Waals surface area (Å²) in [5.41, 5.74) is 3.16. The number of rotatable bonds is 4. The molecule has 0 aliphatic carbocycles. The monoisotopic (exact) mass is 397 g/mol. The zero-order valence-electron chi connectivity index (χ0n) is 15.5. The lowest BCUT2D eigenvalue weighted by Crippen LogP contribution is -2.30. The predicted molar refractivity (Wildman–Crippen MR) is 108 cm³/mol. The Hall–Kier alpha value is -2.87. The third-order valence-corrected chi connectivity index (χ3v) is 6.15. The standard InChI is InChI=1S/C20H19N3O4S/c1-25-14-6-5-12-16(17(14)26-2)19(24)27-18(12)22-11-4-7-15-13(10-11)23-9-3-8-21-20(23)28-15/h4-7,10,18,22H,3,8-9H2,1-2H3/t18-/m0/s1. The van der Waals surface area contributed by atoms with Crippen molar-refractivity contribution >= 4 is 34.3 Å². The molecule has 0 bridgehead atoms. The molecular formula is C20H19N3O4S. The minimum Gasteiger partial charge on any atom is -0.493 e. The molecular weight excluding hydrogens is 378 g/mol. The van der Waals surface area contributed by atoms with E-state index in [1.807, 2.05) is 12.1 Å². The van der Waals surface area contributed by atoms with Gasteiger partial charge in [-0.15, -0.1) is 0 Å². The second kappa shape index (κ2) is 6.63. The lowest BCUT2D eigenvalue weighted by Gasteiger charge is -2.23. The molecule has 2 aromatic rings. The molecule has 0 spiro atoms.